The van der Waals surface area contributed by atoms with Gasteiger partial charge in [0.05, 0.1) is 40.3 Å². The minimum absolute atomic E-state index is 0.00447. The molecule has 286 valence electrons. The van der Waals surface area contributed by atoms with Crippen molar-refractivity contribution in [3.8, 4) is 11.5 Å². The lowest BCUT2D eigenvalue weighted by molar-refractivity contribution is -0.161. The maximum atomic E-state index is 12.8. The van der Waals surface area contributed by atoms with Crippen LogP contribution in [0.5, 0.6) is 11.5 Å². The van der Waals surface area contributed by atoms with Gasteiger partial charge in [0.1, 0.15) is 23.2 Å². The zero-order chi connectivity index (χ0) is 37.3. The summed E-state index contributed by atoms with van der Waals surface area (Å²) in [6.45, 7) is 2.94. The fourth-order valence-corrected chi connectivity index (χ4v) is 6.48. The first-order chi connectivity index (χ1) is 25.4. The molecule has 0 aromatic heterocycles. The predicted molar refractivity (Wildman–Crippen MR) is 206 cm³/mol. The molecule has 52 heavy (non-hydrogen) atoms. The van der Waals surface area contributed by atoms with Gasteiger partial charge in [0, 0.05) is 6.61 Å². The van der Waals surface area contributed by atoms with Crippen LogP contribution in [0.2, 0.25) is 0 Å². The van der Waals surface area contributed by atoms with Gasteiger partial charge in [-0.15, -0.1) is 0 Å². The van der Waals surface area contributed by atoms with Gasteiger partial charge in [0.2, 0.25) is 0 Å². The quantitative estimate of drug-likeness (QED) is 0.0430. The number of hydrogen-bond acceptors (Lipinski definition) is 7. The summed E-state index contributed by atoms with van der Waals surface area (Å²) in [7, 11) is 3.25. The molecule has 0 bridgehead atoms. The van der Waals surface area contributed by atoms with E-state index in [0.29, 0.717) is 18.1 Å². The zero-order valence-electron chi connectivity index (χ0n) is 31.8. The number of carboxylic acid groups (broad SMARTS) is 1. The molecular weight excluding hydrogens is 656 g/mol. The smallest absolute Gasteiger partial charge is 0.306 e. The molecule has 0 fully saturated rings. The molecule has 0 saturated heterocycles. The van der Waals surface area contributed by atoms with Crippen LogP contribution in [-0.2, 0) is 29.4 Å². The monoisotopic (exact) mass is 718 g/mol. The summed E-state index contributed by atoms with van der Waals surface area (Å²) in [5.41, 5.74) is 1.48. The Bertz CT molecular complexity index is 1330. The maximum absolute atomic E-state index is 12.8. The number of carbonyl (C=O) groups excluding carboxylic acids is 1. The molecule has 0 radical (unpaired) electrons. The van der Waals surface area contributed by atoms with E-state index in [0.717, 1.165) is 29.5 Å². The first kappa shape index (κ1) is 42.5. The van der Waals surface area contributed by atoms with E-state index in [1.807, 2.05) is 78.9 Å². The van der Waals surface area contributed by atoms with Crippen molar-refractivity contribution in [1.29, 1.82) is 0 Å². The highest BCUT2D eigenvalue weighted by atomic mass is 16.6. The third-order valence-corrected chi connectivity index (χ3v) is 9.45. The molecule has 0 heterocycles. The van der Waals surface area contributed by atoms with Crippen molar-refractivity contribution >= 4 is 11.9 Å². The van der Waals surface area contributed by atoms with E-state index in [-0.39, 0.29) is 26.1 Å². The van der Waals surface area contributed by atoms with Gasteiger partial charge < -0.3 is 28.8 Å². The van der Waals surface area contributed by atoms with Crippen molar-refractivity contribution in [2.75, 3.05) is 34.0 Å². The van der Waals surface area contributed by atoms with Gasteiger partial charge in [-0.1, -0.05) is 145 Å². The molecule has 1 unspecified atom stereocenters. The van der Waals surface area contributed by atoms with Gasteiger partial charge in [0.25, 0.3) is 0 Å². The highest BCUT2D eigenvalue weighted by molar-refractivity contribution is 5.76. The second-order valence-electron chi connectivity index (χ2n) is 13.5. The number of ether oxygens (including phenoxy) is 5. The molecule has 0 aliphatic rings. The molecule has 3 aromatic rings. The standard InChI is InChI=1S/C44H62O8/c1-4-5-6-7-8-9-10-11-12-13-14-15-16-20-33-50-34-41(52-43(47)32-31-42(45)46)35-51-44(36-21-18-17-19-22-36,37-23-27-39(48-2)28-24-37)38-25-29-40(49-3)30-26-38/h17-19,21-30,41H,4-16,20,31-35H2,1-3H3,(H,45,46). The summed E-state index contributed by atoms with van der Waals surface area (Å²) in [6, 6.07) is 25.3. The molecule has 1 atom stereocenters. The molecule has 0 aliphatic carbocycles. The summed E-state index contributed by atoms with van der Waals surface area (Å²) in [5.74, 6) is -0.235. The summed E-state index contributed by atoms with van der Waals surface area (Å²) in [6.07, 6.45) is 16.6. The van der Waals surface area contributed by atoms with Crippen molar-refractivity contribution in [3.63, 3.8) is 0 Å². The number of rotatable bonds is 29. The largest absolute Gasteiger partial charge is 0.497 e. The predicted octanol–water partition coefficient (Wildman–Crippen LogP) is 10.3. The molecule has 8 nitrogen and oxygen atoms in total. The van der Waals surface area contributed by atoms with Gasteiger partial charge in [-0.05, 0) is 47.4 Å². The Kier molecular flexibility index (Phi) is 20.6. The molecule has 8 heteroatoms. The normalized spacial score (nSPS) is 12.0. The number of benzene rings is 3. The number of carbonyl (C=O) groups is 2. The lowest BCUT2D eigenvalue weighted by Crippen LogP contribution is -2.38. The topological polar surface area (TPSA) is 101 Å². The molecule has 3 aromatic carbocycles. The maximum Gasteiger partial charge on any atom is 0.306 e. The van der Waals surface area contributed by atoms with Crippen molar-refractivity contribution in [1.82, 2.24) is 0 Å². The molecule has 0 aliphatic heterocycles. The highest BCUT2D eigenvalue weighted by Gasteiger charge is 2.39. The SMILES string of the molecule is CCCCCCCCCCCCCCCCOCC(COC(c1ccccc1)(c1ccc(OC)cc1)c1ccc(OC)cc1)OC(=O)CCC(=O)O. The van der Waals surface area contributed by atoms with Crippen LogP contribution in [-0.4, -0.2) is 57.2 Å². The Balaban J connectivity index is 1.64. The van der Waals surface area contributed by atoms with Gasteiger partial charge in [-0.25, -0.2) is 0 Å². The summed E-state index contributed by atoms with van der Waals surface area (Å²) >= 11 is 0. The summed E-state index contributed by atoms with van der Waals surface area (Å²) < 4.78 is 29.7. The van der Waals surface area contributed by atoms with Gasteiger partial charge in [-0.3, -0.25) is 9.59 Å². The number of unbranched alkanes of at least 4 members (excludes halogenated alkanes) is 13. The highest BCUT2D eigenvalue weighted by Crippen LogP contribution is 2.42. The average molecular weight is 719 g/mol. The fraction of sp³-hybridized carbons (Fsp3) is 0.545. The first-order valence-electron chi connectivity index (χ1n) is 19.4. The Labute approximate surface area is 312 Å². The lowest BCUT2D eigenvalue weighted by Gasteiger charge is -2.37. The van der Waals surface area contributed by atoms with Crippen LogP contribution in [0.1, 0.15) is 126 Å². The van der Waals surface area contributed by atoms with E-state index in [1.54, 1.807) is 14.2 Å². The molecule has 1 N–H and O–H groups in total. The van der Waals surface area contributed by atoms with E-state index in [9.17, 15) is 9.59 Å². The Morgan fingerprint density at radius 3 is 1.52 bits per heavy atom. The van der Waals surface area contributed by atoms with E-state index in [2.05, 4.69) is 6.92 Å². The molecule has 3 rings (SSSR count). The van der Waals surface area contributed by atoms with Gasteiger partial charge in [0.15, 0.2) is 0 Å². The zero-order valence-corrected chi connectivity index (χ0v) is 31.8. The van der Waals surface area contributed by atoms with Crippen molar-refractivity contribution in [3.05, 3.63) is 95.6 Å². The minimum atomic E-state index is -1.10. The van der Waals surface area contributed by atoms with Gasteiger partial charge in [-0.2, -0.15) is 0 Å². The van der Waals surface area contributed by atoms with Crippen LogP contribution < -0.4 is 9.47 Å². The second-order valence-corrected chi connectivity index (χ2v) is 13.5. The molecular formula is C44H62O8. The van der Waals surface area contributed by atoms with Crippen LogP contribution in [0, 0.1) is 0 Å². The fourth-order valence-electron chi connectivity index (χ4n) is 6.48. The van der Waals surface area contributed by atoms with Crippen LogP contribution in [0.4, 0.5) is 0 Å². The average Bonchev–Trinajstić information content (AvgIpc) is 3.17. The Morgan fingerprint density at radius 2 is 1.06 bits per heavy atom. The third-order valence-electron chi connectivity index (χ3n) is 9.45. The number of esters is 1. The van der Waals surface area contributed by atoms with Crippen LogP contribution in [0.25, 0.3) is 0 Å². The van der Waals surface area contributed by atoms with Gasteiger partial charge >= 0.3 is 11.9 Å². The van der Waals surface area contributed by atoms with E-state index in [1.165, 1.54) is 77.0 Å². The summed E-state index contributed by atoms with van der Waals surface area (Å²) in [4.78, 5) is 24.0. The Morgan fingerprint density at radius 1 is 0.596 bits per heavy atom. The van der Waals surface area contributed by atoms with Crippen molar-refractivity contribution in [2.45, 2.75) is 121 Å². The third kappa shape index (κ3) is 15.0. The van der Waals surface area contributed by atoms with Crippen LogP contribution in [0.15, 0.2) is 78.9 Å². The van der Waals surface area contributed by atoms with Crippen LogP contribution >= 0.6 is 0 Å². The van der Waals surface area contributed by atoms with Crippen molar-refractivity contribution in [2.24, 2.45) is 0 Å². The molecule has 0 saturated carbocycles. The van der Waals surface area contributed by atoms with Crippen molar-refractivity contribution < 1.29 is 38.4 Å². The number of carboxylic acids is 1. The van der Waals surface area contributed by atoms with E-state index in [4.69, 9.17) is 28.8 Å². The minimum Gasteiger partial charge on any atom is -0.497 e. The number of methoxy groups -OCH3 is 2. The molecule has 0 spiro atoms. The summed E-state index contributed by atoms with van der Waals surface area (Å²) in [5, 5.41) is 9.14. The Hall–Kier alpha value is -3.88. The molecule has 0 amide bonds. The first-order valence-corrected chi connectivity index (χ1v) is 19.4. The number of hydrogen-bond donors (Lipinski definition) is 1. The van der Waals surface area contributed by atoms with Crippen LogP contribution in [0.3, 0.4) is 0 Å². The number of aliphatic carboxylic acids is 1. The van der Waals surface area contributed by atoms with E-state index < -0.39 is 23.6 Å². The lowest BCUT2D eigenvalue weighted by atomic mass is 9.80. The van der Waals surface area contributed by atoms with E-state index >= 15 is 0 Å². The second kappa shape index (κ2) is 25.2.